The van der Waals surface area contributed by atoms with Gasteiger partial charge in [0.2, 0.25) is 11.8 Å². The molecular weight excluding hydrogens is 340 g/mol. The number of anilines is 1. The zero-order chi connectivity index (χ0) is 19.1. The third kappa shape index (κ3) is 5.33. The molecule has 0 saturated carbocycles. The molecule has 0 unspecified atom stereocenters. The van der Waals surface area contributed by atoms with E-state index in [2.05, 4.69) is 5.32 Å². The van der Waals surface area contributed by atoms with Gasteiger partial charge in [0, 0.05) is 31.1 Å². The van der Waals surface area contributed by atoms with Gasteiger partial charge in [-0.05, 0) is 55.7 Å². The number of carbonyl (C=O) groups excluding carboxylic acids is 2. The van der Waals surface area contributed by atoms with Gasteiger partial charge in [-0.25, -0.2) is 0 Å². The number of hydrogen-bond acceptors (Lipinski definition) is 3. The predicted molar refractivity (Wildman–Crippen MR) is 106 cm³/mol. The molecule has 3 rings (SSSR count). The fraction of sp³-hybridized carbons (Fsp3) is 0.364. The van der Waals surface area contributed by atoms with E-state index in [0.29, 0.717) is 19.5 Å². The first-order chi connectivity index (χ1) is 13.2. The molecule has 1 heterocycles. The molecule has 0 radical (unpaired) electrons. The predicted octanol–water partition coefficient (Wildman–Crippen LogP) is 4.46. The molecule has 142 valence electrons. The average molecular weight is 366 g/mol. The smallest absolute Gasteiger partial charge is 0.227 e. The van der Waals surface area contributed by atoms with Crippen molar-refractivity contribution in [1.29, 1.82) is 0 Å². The third-order valence-electron chi connectivity index (χ3n) is 4.78. The lowest BCUT2D eigenvalue weighted by molar-refractivity contribution is -0.134. The summed E-state index contributed by atoms with van der Waals surface area (Å²) in [6, 6.07) is 16.9. The van der Waals surface area contributed by atoms with Crippen molar-refractivity contribution in [3.05, 3.63) is 54.6 Å². The first-order valence-electron chi connectivity index (χ1n) is 9.57. The molecule has 0 spiro atoms. The number of carbonyl (C=O) groups is 2. The molecule has 1 aliphatic heterocycles. The first kappa shape index (κ1) is 19.0. The Bertz CT molecular complexity index is 751. The lowest BCUT2D eigenvalue weighted by Crippen LogP contribution is -2.41. The highest BCUT2D eigenvalue weighted by Crippen LogP contribution is 2.24. The summed E-state index contributed by atoms with van der Waals surface area (Å²) in [5.74, 6) is 1.68. The van der Waals surface area contributed by atoms with Crippen LogP contribution in [0.4, 0.5) is 5.69 Å². The van der Waals surface area contributed by atoms with Gasteiger partial charge in [-0.1, -0.05) is 25.1 Å². The molecule has 2 aromatic rings. The number of piperidine rings is 1. The van der Waals surface area contributed by atoms with Gasteiger partial charge in [0.15, 0.2) is 0 Å². The largest absolute Gasteiger partial charge is 0.457 e. The summed E-state index contributed by atoms with van der Waals surface area (Å²) in [5.41, 5.74) is 0.755. The minimum atomic E-state index is -0.0454. The Morgan fingerprint density at radius 2 is 1.63 bits per heavy atom. The van der Waals surface area contributed by atoms with Crippen molar-refractivity contribution in [1.82, 2.24) is 4.90 Å². The molecule has 5 heteroatoms. The Hall–Kier alpha value is -2.82. The third-order valence-corrected chi connectivity index (χ3v) is 4.78. The van der Waals surface area contributed by atoms with Crippen LogP contribution in [0.3, 0.4) is 0 Å². The Balaban J connectivity index is 1.49. The topological polar surface area (TPSA) is 58.6 Å². The van der Waals surface area contributed by atoms with Crippen molar-refractivity contribution >= 4 is 17.5 Å². The maximum Gasteiger partial charge on any atom is 0.227 e. The minimum absolute atomic E-state index is 0.0225. The highest BCUT2D eigenvalue weighted by Gasteiger charge is 2.26. The van der Waals surface area contributed by atoms with Crippen LogP contribution >= 0.6 is 0 Å². The van der Waals surface area contributed by atoms with E-state index in [9.17, 15) is 9.59 Å². The van der Waals surface area contributed by atoms with E-state index in [1.165, 1.54) is 0 Å². The maximum atomic E-state index is 12.5. The Labute approximate surface area is 160 Å². The number of nitrogens with one attached hydrogen (secondary N) is 1. The summed E-state index contributed by atoms with van der Waals surface area (Å²) < 4.78 is 5.76. The average Bonchev–Trinajstić information content (AvgIpc) is 2.70. The summed E-state index contributed by atoms with van der Waals surface area (Å²) in [7, 11) is 0. The number of rotatable bonds is 6. The van der Waals surface area contributed by atoms with Crippen LogP contribution < -0.4 is 10.1 Å². The van der Waals surface area contributed by atoms with Gasteiger partial charge < -0.3 is 15.0 Å². The van der Waals surface area contributed by atoms with Crippen LogP contribution in [0.2, 0.25) is 0 Å². The van der Waals surface area contributed by atoms with Gasteiger partial charge in [-0.3, -0.25) is 9.59 Å². The molecule has 0 bridgehead atoms. The maximum absolute atomic E-state index is 12.5. The normalized spacial score (nSPS) is 14.6. The minimum Gasteiger partial charge on any atom is -0.457 e. The molecule has 2 amide bonds. The van der Waals surface area contributed by atoms with Crippen LogP contribution in [0, 0.1) is 5.92 Å². The van der Waals surface area contributed by atoms with Crippen molar-refractivity contribution < 1.29 is 14.3 Å². The number of para-hydroxylation sites is 1. The van der Waals surface area contributed by atoms with Crippen LogP contribution in [-0.4, -0.2) is 29.8 Å². The highest BCUT2D eigenvalue weighted by molar-refractivity contribution is 5.92. The summed E-state index contributed by atoms with van der Waals surface area (Å²) in [6.45, 7) is 3.34. The molecule has 0 atom stereocenters. The Morgan fingerprint density at radius 3 is 2.26 bits per heavy atom. The van der Waals surface area contributed by atoms with E-state index < -0.39 is 0 Å². The lowest BCUT2D eigenvalue weighted by Gasteiger charge is -2.31. The van der Waals surface area contributed by atoms with Crippen molar-refractivity contribution in [3.8, 4) is 11.5 Å². The van der Waals surface area contributed by atoms with Gasteiger partial charge in [-0.15, -0.1) is 0 Å². The van der Waals surface area contributed by atoms with Crippen molar-refractivity contribution in [2.24, 2.45) is 5.92 Å². The van der Waals surface area contributed by atoms with Gasteiger partial charge in [0.25, 0.3) is 0 Å². The molecule has 27 heavy (non-hydrogen) atoms. The van der Waals surface area contributed by atoms with Gasteiger partial charge in [0.05, 0.1) is 0 Å². The van der Waals surface area contributed by atoms with E-state index in [-0.39, 0.29) is 17.7 Å². The second kappa shape index (κ2) is 9.21. The molecule has 1 N–H and O–H groups in total. The van der Waals surface area contributed by atoms with Gasteiger partial charge >= 0.3 is 0 Å². The van der Waals surface area contributed by atoms with E-state index in [1.807, 2.05) is 66.4 Å². The second-order valence-corrected chi connectivity index (χ2v) is 6.83. The fourth-order valence-corrected chi connectivity index (χ4v) is 3.24. The van der Waals surface area contributed by atoms with Crippen molar-refractivity contribution in [2.75, 3.05) is 18.4 Å². The summed E-state index contributed by atoms with van der Waals surface area (Å²) in [4.78, 5) is 26.3. The molecule has 1 aliphatic rings. The van der Waals surface area contributed by atoms with E-state index >= 15 is 0 Å². The first-order valence-corrected chi connectivity index (χ1v) is 9.57. The highest BCUT2D eigenvalue weighted by atomic mass is 16.5. The van der Waals surface area contributed by atoms with Crippen LogP contribution in [0.25, 0.3) is 0 Å². The molecule has 5 nitrogen and oxygen atoms in total. The van der Waals surface area contributed by atoms with Crippen LogP contribution in [-0.2, 0) is 9.59 Å². The number of amides is 2. The molecule has 1 saturated heterocycles. The summed E-state index contributed by atoms with van der Waals surface area (Å²) in [5, 5.41) is 2.97. The number of nitrogens with zero attached hydrogens (tertiary/aromatic N) is 1. The molecule has 0 aromatic heterocycles. The lowest BCUT2D eigenvalue weighted by atomic mass is 9.95. The van der Waals surface area contributed by atoms with E-state index in [0.717, 1.165) is 36.4 Å². The summed E-state index contributed by atoms with van der Waals surface area (Å²) in [6.07, 6.45) is 2.89. The zero-order valence-electron chi connectivity index (χ0n) is 15.7. The van der Waals surface area contributed by atoms with Gasteiger partial charge in [-0.2, -0.15) is 0 Å². The molecular formula is C22H26N2O3. The van der Waals surface area contributed by atoms with Crippen LogP contribution in [0.5, 0.6) is 11.5 Å². The SMILES string of the molecule is CCCC(=O)N1CCC(C(=O)Nc2ccc(Oc3ccccc3)cc2)CC1. The number of benzene rings is 2. The van der Waals surface area contributed by atoms with Gasteiger partial charge in [0.1, 0.15) is 11.5 Å². The van der Waals surface area contributed by atoms with Crippen LogP contribution in [0.15, 0.2) is 54.6 Å². The Morgan fingerprint density at radius 1 is 1.00 bits per heavy atom. The molecule has 0 aliphatic carbocycles. The zero-order valence-corrected chi connectivity index (χ0v) is 15.7. The van der Waals surface area contributed by atoms with Crippen molar-refractivity contribution in [3.63, 3.8) is 0 Å². The number of hydrogen-bond donors (Lipinski definition) is 1. The Kier molecular flexibility index (Phi) is 6.47. The van der Waals surface area contributed by atoms with Crippen LogP contribution in [0.1, 0.15) is 32.6 Å². The van der Waals surface area contributed by atoms with E-state index in [4.69, 9.17) is 4.74 Å². The second-order valence-electron chi connectivity index (χ2n) is 6.83. The van der Waals surface area contributed by atoms with E-state index in [1.54, 1.807) is 0 Å². The number of likely N-dealkylation sites (tertiary alicyclic amines) is 1. The molecule has 1 fully saturated rings. The fourth-order valence-electron chi connectivity index (χ4n) is 3.24. The monoisotopic (exact) mass is 366 g/mol. The summed E-state index contributed by atoms with van der Waals surface area (Å²) >= 11 is 0. The molecule has 2 aromatic carbocycles. The quantitative estimate of drug-likeness (QED) is 0.821. The standard InChI is InChI=1S/C22H26N2O3/c1-2-6-21(25)24-15-13-17(14-16-24)22(26)23-18-9-11-20(12-10-18)27-19-7-4-3-5-8-19/h3-5,7-12,17H,2,6,13-16H2,1H3,(H,23,26). The van der Waals surface area contributed by atoms with Crippen molar-refractivity contribution in [2.45, 2.75) is 32.6 Å². The number of ether oxygens (including phenoxy) is 1.